The fourth-order valence-corrected chi connectivity index (χ4v) is 5.87. The smallest absolute Gasteiger partial charge is 0.321 e. The third-order valence-corrected chi connectivity index (χ3v) is 8.00. The van der Waals surface area contributed by atoms with Crippen molar-refractivity contribution >= 4 is 38.2 Å². The van der Waals surface area contributed by atoms with Crippen LogP contribution in [0.3, 0.4) is 0 Å². The number of carbonyl (C=O) groups is 2. The number of hydrogen-bond donors (Lipinski definition) is 2. The van der Waals surface area contributed by atoms with Gasteiger partial charge in [-0.25, -0.2) is 8.42 Å². The summed E-state index contributed by atoms with van der Waals surface area (Å²) in [7, 11) is -3.88. The van der Waals surface area contributed by atoms with Gasteiger partial charge in [-0.05, 0) is 67.9 Å². The molecule has 1 amide bonds. The SMILES string of the molecule is Cc1ccc(S(=O)(=O)NCC(=O)OCC(=O)Nc2sc3c(c2C#N)CCC(C)C3)cc1C. The summed E-state index contributed by atoms with van der Waals surface area (Å²) < 4.78 is 31.7. The number of ether oxygens (including phenoxy) is 1. The second-order valence-electron chi connectivity index (χ2n) is 7.95. The highest BCUT2D eigenvalue weighted by Gasteiger charge is 2.25. The molecule has 0 bridgehead atoms. The Morgan fingerprint density at radius 1 is 1.28 bits per heavy atom. The summed E-state index contributed by atoms with van der Waals surface area (Å²) in [5.41, 5.74) is 3.23. The zero-order chi connectivity index (χ0) is 23.5. The van der Waals surface area contributed by atoms with Gasteiger partial charge in [0.2, 0.25) is 10.0 Å². The van der Waals surface area contributed by atoms with E-state index in [1.165, 1.54) is 23.5 Å². The van der Waals surface area contributed by atoms with Crippen LogP contribution in [0.25, 0.3) is 0 Å². The van der Waals surface area contributed by atoms with Crippen LogP contribution in [0.2, 0.25) is 0 Å². The van der Waals surface area contributed by atoms with E-state index in [1.807, 2.05) is 6.92 Å². The Kier molecular flexibility index (Phi) is 7.33. The zero-order valence-corrected chi connectivity index (χ0v) is 19.8. The molecule has 2 aromatic rings. The van der Waals surface area contributed by atoms with E-state index in [0.717, 1.165) is 40.8 Å². The molecule has 1 aliphatic carbocycles. The van der Waals surface area contributed by atoms with Gasteiger partial charge in [-0.15, -0.1) is 11.3 Å². The summed E-state index contributed by atoms with van der Waals surface area (Å²) >= 11 is 1.38. The van der Waals surface area contributed by atoms with Gasteiger partial charge in [-0.3, -0.25) is 9.59 Å². The van der Waals surface area contributed by atoms with Crippen LogP contribution in [0.4, 0.5) is 5.00 Å². The van der Waals surface area contributed by atoms with Crippen molar-refractivity contribution in [2.45, 2.75) is 44.9 Å². The lowest BCUT2D eigenvalue weighted by Gasteiger charge is -2.17. The molecule has 170 valence electrons. The number of nitriles is 1. The standard InChI is InChI=1S/C22H25N3O5S2/c1-13-4-7-17-18(10-23)22(31-19(17)8-13)25-20(26)12-30-21(27)11-24-32(28,29)16-6-5-14(2)15(3)9-16/h5-6,9,13,24H,4,7-8,11-12H2,1-3H3,(H,25,26). The number of hydrogen-bond acceptors (Lipinski definition) is 7. The average Bonchev–Trinajstić information content (AvgIpc) is 3.08. The number of carbonyl (C=O) groups excluding carboxylic acids is 2. The van der Waals surface area contributed by atoms with E-state index in [0.29, 0.717) is 16.5 Å². The molecule has 1 heterocycles. The second kappa shape index (κ2) is 9.81. The van der Waals surface area contributed by atoms with Crippen LogP contribution >= 0.6 is 11.3 Å². The summed E-state index contributed by atoms with van der Waals surface area (Å²) in [6.45, 7) is 4.64. The maximum Gasteiger partial charge on any atom is 0.321 e. The molecule has 3 rings (SSSR count). The molecule has 1 unspecified atom stereocenters. The van der Waals surface area contributed by atoms with Crippen LogP contribution in [0.1, 0.15) is 40.5 Å². The minimum Gasteiger partial charge on any atom is -0.455 e. The molecule has 8 nitrogen and oxygen atoms in total. The van der Waals surface area contributed by atoms with Gasteiger partial charge >= 0.3 is 5.97 Å². The van der Waals surface area contributed by atoms with Crippen LogP contribution in [-0.4, -0.2) is 33.4 Å². The van der Waals surface area contributed by atoms with Crippen molar-refractivity contribution in [3.8, 4) is 6.07 Å². The lowest BCUT2D eigenvalue weighted by atomic mass is 9.89. The number of esters is 1. The average molecular weight is 476 g/mol. The largest absolute Gasteiger partial charge is 0.455 e. The predicted molar refractivity (Wildman–Crippen MR) is 121 cm³/mol. The van der Waals surface area contributed by atoms with E-state index in [-0.39, 0.29) is 4.90 Å². The Morgan fingerprint density at radius 3 is 2.72 bits per heavy atom. The molecule has 1 atom stereocenters. The number of benzene rings is 1. The van der Waals surface area contributed by atoms with Crippen molar-refractivity contribution in [1.29, 1.82) is 5.26 Å². The van der Waals surface area contributed by atoms with E-state index >= 15 is 0 Å². The van der Waals surface area contributed by atoms with Gasteiger partial charge in [-0.1, -0.05) is 13.0 Å². The number of anilines is 1. The van der Waals surface area contributed by atoms with E-state index in [4.69, 9.17) is 4.74 Å². The quantitative estimate of drug-likeness (QED) is 0.593. The second-order valence-corrected chi connectivity index (χ2v) is 10.8. The van der Waals surface area contributed by atoms with Crippen LogP contribution < -0.4 is 10.0 Å². The van der Waals surface area contributed by atoms with Crippen LogP contribution in [0.5, 0.6) is 0 Å². The summed E-state index contributed by atoms with van der Waals surface area (Å²) in [5, 5.41) is 12.6. The van der Waals surface area contributed by atoms with E-state index in [2.05, 4.69) is 23.0 Å². The maximum absolute atomic E-state index is 12.3. The molecule has 0 fully saturated rings. The maximum atomic E-state index is 12.3. The van der Waals surface area contributed by atoms with Gasteiger partial charge in [0.05, 0.1) is 10.5 Å². The number of amides is 1. The van der Waals surface area contributed by atoms with Crippen molar-refractivity contribution < 1.29 is 22.7 Å². The van der Waals surface area contributed by atoms with Gasteiger partial charge in [0, 0.05) is 4.88 Å². The predicted octanol–water partition coefficient (Wildman–Crippen LogP) is 2.82. The molecule has 0 radical (unpaired) electrons. The number of fused-ring (bicyclic) bond motifs is 1. The van der Waals surface area contributed by atoms with Gasteiger partial charge in [0.15, 0.2) is 6.61 Å². The lowest BCUT2D eigenvalue weighted by molar-refractivity contribution is -0.146. The molecule has 10 heteroatoms. The molecule has 1 aromatic carbocycles. The number of nitrogens with one attached hydrogen (secondary N) is 2. The Bertz CT molecular complexity index is 1190. The first-order valence-electron chi connectivity index (χ1n) is 10.2. The Hall–Kier alpha value is -2.74. The van der Waals surface area contributed by atoms with Crippen molar-refractivity contribution in [3.63, 3.8) is 0 Å². The first-order valence-corrected chi connectivity index (χ1v) is 12.5. The molecule has 0 spiro atoms. The first kappa shape index (κ1) is 23.9. The monoisotopic (exact) mass is 475 g/mol. The Labute approximate surface area is 191 Å². The normalized spacial score (nSPS) is 15.5. The number of aryl methyl sites for hydroxylation is 2. The van der Waals surface area contributed by atoms with Crippen molar-refractivity contribution in [2.24, 2.45) is 5.92 Å². The highest BCUT2D eigenvalue weighted by molar-refractivity contribution is 7.89. The molecule has 32 heavy (non-hydrogen) atoms. The summed E-state index contributed by atoms with van der Waals surface area (Å²) in [6, 6.07) is 6.82. The number of nitrogens with zero attached hydrogens (tertiary/aromatic N) is 1. The van der Waals surface area contributed by atoms with Gasteiger partial charge in [-0.2, -0.15) is 9.98 Å². The molecule has 1 aliphatic rings. The van der Waals surface area contributed by atoms with Gasteiger partial charge in [0.25, 0.3) is 5.91 Å². The van der Waals surface area contributed by atoms with Crippen LogP contribution in [-0.2, 0) is 37.2 Å². The van der Waals surface area contributed by atoms with E-state index in [9.17, 15) is 23.3 Å². The fourth-order valence-electron chi connectivity index (χ4n) is 3.44. The summed E-state index contributed by atoms with van der Waals surface area (Å²) in [4.78, 5) is 25.3. The van der Waals surface area contributed by atoms with Crippen molar-refractivity contribution in [2.75, 3.05) is 18.5 Å². The number of rotatable bonds is 7. The molecule has 0 saturated heterocycles. The summed E-state index contributed by atoms with van der Waals surface area (Å²) in [6.07, 6.45) is 2.68. The molecular weight excluding hydrogens is 450 g/mol. The minimum absolute atomic E-state index is 0.0474. The minimum atomic E-state index is -3.88. The highest BCUT2D eigenvalue weighted by Crippen LogP contribution is 2.39. The van der Waals surface area contributed by atoms with E-state index in [1.54, 1.807) is 13.0 Å². The molecule has 0 saturated carbocycles. The molecule has 1 aromatic heterocycles. The topological polar surface area (TPSA) is 125 Å². The molecular formula is C22H25N3O5S2. The van der Waals surface area contributed by atoms with Crippen molar-refractivity contribution in [1.82, 2.24) is 4.72 Å². The Morgan fingerprint density at radius 2 is 2.03 bits per heavy atom. The van der Waals surface area contributed by atoms with Crippen LogP contribution in [0.15, 0.2) is 23.1 Å². The van der Waals surface area contributed by atoms with Crippen molar-refractivity contribution in [3.05, 3.63) is 45.3 Å². The highest BCUT2D eigenvalue weighted by atomic mass is 32.2. The lowest BCUT2D eigenvalue weighted by Crippen LogP contribution is -2.32. The first-order chi connectivity index (χ1) is 15.1. The number of thiophene rings is 1. The number of sulfonamides is 1. The third-order valence-electron chi connectivity index (χ3n) is 5.44. The van der Waals surface area contributed by atoms with Gasteiger partial charge in [0.1, 0.15) is 17.6 Å². The van der Waals surface area contributed by atoms with Gasteiger partial charge < -0.3 is 10.1 Å². The zero-order valence-electron chi connectivity index (χ0n) is 18.1. The van der Waals surface area contributed by atoms with Crippen LogP contribution in [0, 0.1) is 31.1 Å². The Balaban J connectivity index is 1.53. The summed E-state index contributed by atoms with van der Waals surface area (Å²) in [5.74, 6) is -0.935. The van der Waals surface area contributed by atoms with E-state index < -0.39 is 35.1 Å². The molecule has 0 aliphatic heterocycles. The fraction of sp³-hybridized carbons (Fsp3) is 0.409. The third kappa shape index (κ3) is 5.54. The molecule has 2 N–H and O–H groups in total.